The molecule has 0 bridgehead atoms. The Balaban J connectivity index is 0.000000200. The van der Waals surface area contributed by atoms with Gasteiger partial charge in [0.25, 0.3) is 21.8 Å². The first-order valence-corrected chi connectivity index (χ1v) is 31.3. The van der Waals surface area contributed by atoms with Gasteiger partial charge >= 0.3 is 0 Å². The topological polar surface area (TPSA) is 236 Å². The van der Waals surface area contributed by atoms with Crippen LogP contribution in [0.2, 0.25) is 10.0 Å². The van der Waals surface area contributed by atoms with Crippen molar-refractivity contribution < 1.29 is 27.6 Å². The van der Waals surface area contributed by atoms with Gasteiger partial charge in [-0.15, -0.1) is 0 Å². The Kier molecular flexibility index (Phi) is 20.3. The Morgan fingerprint density at radius 1 is 0.584 bits per heavy atom. The number of nitrogens with zero attached hydrogens (tertiary/aromatic N) is 9. The van der Waals surface area contributed by atoms with E-state index in [4.69, 9.17) is 33.2 Å². The maximum absolute atomic E-state index is 13.6. The minimum Gasteiger partial charge on any atom is -0.360 e. The SMILES string of the molecule is CN(C)C/C=C/C(=O)Nc1ccc(C(=O)N2CCC(Nc3ncc(Cl)c(-c4c[nH]c5ccccc45)n3)CC2)cc1.CN(C)C/C=C/C(=O)Nc1ccc(C(=O)N2CCC(Nc3ncc(Cl)c(-c4cn(S(=O)(=O)c5ccccc5)c5ccccc45)n3)CC2)cc1. The monoisotopic (exact) mass is 1250 g/mol. The Bertz CT molecular complexity index is 4160. The molecule has 9 aromatic rings. The number of hydrogen-bond donors (Lipinski definition) is 5. The van der Waals surface area contributed by atoms with Crippen molar-refractivity contribution in [1.29, 1.82) is 0 Å². The number of piperidine rings is 2. The quantitative estimate of drug-likeness (QED) is 0.0503. The van der Waals surface area contributed by atoms with E-state index in [0.717, 1.165) is 29.3 Å². The number of amides is 4. The van der Waals surface area contributed by atoms with Crippen molar-refractivity contribution in [3.63, 3.8) is 0 Å². The number of hydrogen-bond acceptors (Lipinski definition) is 14. The highest BCUT2D eigenvalue weighted by Gasteiger charge is 2.28. The van der Waals surface area contributed by atoms with Crippen molar-refractivity contribution in [2.24, 2.45) is 0 Å². The van der Waals surface area contributed by atoms with Gasteiger partial charge in [-0.1, -0.05) is 90.0 Å². The zero-order chi connectivity index (χ0) is 62.6. The standard InChI is InChI=1S/C36H36ClN7O4S.C30H32ClN7O2/c1-42(2)20-8-13-33(45)39-26-16-14-25(15-17-26)35(46)43-21-18-27(19-22-43)40-36-38-23-31(37)34(41-36)30-24-44(32-12-7-6-11-29(30)32)49(47,48)28-9-4-3-5-10-28;1-37(2)15-5-8-27(39)34-21-11-9-20(10-12-21)29(40)38-16-13-22(14-17-38)35-30-33-19-25(31)28(36-30)24-18-32-26-7-4-3-6-23(24)26/h3-17,23-24,27H,18-22H2,1-2H3,(H,39,45)(H,38,40,41);3-12,18-19,22,32H,13-17H2,1-2H3,(H,34,39)(H,33,35,36)/b13-8+;8-5+. The van der Waals surface area contributed by atoms with Gasteiger partial charge in [0.2, 0.25) is 23.7 Å². The molecule has 6 heterocycles. The van der Waals surface area contributed by atoms with E-state index in [1.165, 1.54) is 22.3 Å². The Morgan fingerprint density at radius 3 is 1.53 bits per heavy atom. The number of rotatable bonds is 18. The van der Waals surface area contributed by atoms with Gasteiger partial charge in [0.15, 0.2) is 0 Å². The van der Waals surface area contributed by atoms with Crippen LogP contribution in [0.1, 0.15) is 46.4 Å². The maximum Gasteiger partial charge on any atom is 0.268 e. The van der Waals surface area contributed by atoms with Crippen molar-refractivity contribution in [2.75, 3.05) is 88.7 Å². The molecule has 5 N–H and O–H groups in total. The van der Waals surface area contributed by atoms with E-state index in [-0.39, 0.29) is 45.6 Å². The molecule has 4 aromatic heterocycles. The molecule has 2 aliphatic rings. The van der Waals surface area contributed by atoms with Crippen LogP contribution in [0.4, 0.5) is 23.3 Å². The molecule has 89 heavy (non-hydrogen) atoms. The molecule has 0 atom stereocenters. The predicted molar refractivity (Wildman–Crippen MR) is 352 cm³/mol. The summed E-state index contributed by atoms with van der Waals surface area (Å²) in [6, 6.07) is 37.6. The van der Waals surface area contributed by atoms with Crippen LogP contribution in [-0.2, 0) is 19.6 Å². The molecule has 20 nitrogen and oxygen atoms in total. The lowest BCUT2D eigenvalue weighted by molar-refractivity contribution is -0.112. The lowest BCUT2D eigenvalue weighted by Crippen LogP contribution is -2.42. The Labute approximate surface area is 526 Å². The van der Waals surface area contributed by atoms with Gasteiger partial charge in [-0.05, 0) is 127 Å². The zero-order valence-corrected chi connectivity index (χ0v) is 51.9. The molecule has 2 aliphatic heterocycles. The summed E-state index contributed by atoms with van der Waals surface area (Å²) in [5.41, 5.74) is 6.51. The van der Waals surface area contributed by atoms with Crippen molar-refractivity contribution >= 4 is 102 Å². The Morgan fingerprint density at radius 2 is 1.03 bits per heavy atom. The number of carbonyl (C=O) groups excluding carboxylic acids is 4. The number of H-pyrrole nitrogens is 1. The molecule has 2 fully saturated rings. The number of para-hydroxylation sites is 2. The first kappa shape index (κ1) is 62.8. The fourth-order valence-electron chi connectivity index (χ4n) is 10.4. The first-order valence-electron chi connectivity index (χ1n) is 29.1. The Hall–Kier alpha value is -9.25. The van der Waals surface area contributed by atoms with Crippen molar-refractivity contribution in [3.8, 4) is 22.5 Å². The third-order valence-corrected chi connectivity index (χ3v) is 17.3. The zero-order valence-electron chi connectivity index (χ0n) is 49.6. The fraction of sp³-hybridized carbons (Fsp3) is 0.242. The second-order valence-electron chi connectivity index (χ2n) is 22.1. The van der Waals surface area contributed by atoms with E-state index in [1.807, 2.05) is 90.4 Å². The van der Waals surface area contributed by atoms with Crippen LogP contribution in [0.15, 0.2) is 181 Å². The normalized spacial score (nSPS) is 14.2. The molecule has 458 valence electrons. The molecule has 0 unspecified atom stereocenters. The van der Waals surface area contributed by atoms with Crippen LogP contribution >= 0.6 is 23.2 Å². The summed E-state index contributed by atoms with van der Waals surface area (Å²) in [5, 5.41) is 14.9. The van der Waals surface area contributed by atoms with Gasteiger partial charge in [0, 0.05) is 126 Å². The number of halogens is 2. The summed E-state index contributed by atoms with van der Waals surface area (Å²) >= 11 is 13.1. The van der Waals surface area contributed by atoms with Crippen molar-refractivity contribution in [3.05, 3.63) is 198 Å². The fourth-order valence-corrected chi connectivity index (χ4v) is 12.2. The second kappa shape index (κ2) is 28.7. The van der Waals surface area contributed by atoms with Gasteiger partial charge in [-0.2, -0.15) is 0 Å². The molecule has 0 spiro atoms. The molecular formula is C66H68Cl2N14O6S. The summed E-state index contributed by atoms with van der Waals surface area (Å²) < 4.78 is 28.5. The van der Waals surface area contributed by atoms with E-state index >= 15 is 0 Å². The van der Waals surface area contributed by atoms with E-state index < -0.39 is 10.0 Å². The number of carbonyl (C=O) groups is 4. The minimum absolute atomic E-state index is 0.0102. The van der Waals surface area contributed by atoms with Gasteiger partial charge in [-0.25, -0.2) is 32.3 Å². The minimum atomic E-state index is -3.88. The largest absolute Gasteiger partial charge is 0.360 e. The van der Waals surface area contributed by atoms with E-state index in [2.05, 4.69) is 36.2 Å². The third kappa shape index (κ3) is 15.7. The summed E-state index contributed by atoms with van der Waals surface area (Å²) in [5.74, 6) is 0.356. The highest BCUT2D eigenvalue weighted by molar-refractivity contribution is 7.90. The molecule has 0 aliphatic carbocycles. The molecule has 0 radical (unpaired) electrons. The van der Waals surface area contributed by atoms with Gasteiger partial charge in [-0.3, -0.25) is 19.2 Å². The number of anilines is 4. The van der Waals surface area contributed by atoms with Crippen molar-refractivity contribution in [2.45, 2.75) is 42.7 Å². The summed E-state index contributed by atoms with van der Waals surface area (Å²) in [7, 11) is 3.84. The lowest BCUT2D eigenvalue weighted by atomic mass is 10.0. The summed E-state index contributed by atoms with van der Waals surface area (Å²) in [6.07, 6.45) is 16.1. The number of aromatic nitrogens is 6. The van der Waals surface area contributed by atoms with Crippen LogP contribution in [0, 0.1) is 0 Å². The molecule has 11 rings (SSSR count). The molecule has 5 aromatic carbocycles. The number of likely N-dealkylation sites (N-methyl/N-ethyl adjacent to an activating group) is 2. The second-order valence-corrected chi connectivity index (χ2v) is 24.7. The van der Waals surface area contributed by atoms with Crippen LogP contribution < -0.4 is 21.3 Å². The molecule has 23 heteroatoms. The lowest BCUT2D eigenvalue weighted by Gasteiger charge is -2.32. The van der Waals surface area contributed by atoms with Crippen LogP contribution in [-0.4, -0.2) is 160 Å². The third-order valence-electron chi connectivity index (χ3n) is 15.1. The highest BCUT2D eigenvalue weighted by atomic mass is 35.5. The van der Waals surface area contributed by atoms with E-state index in [9.17, 15) is 27.6 Å². The smallest absolute Gasteiger partial charge is 0.268 e. The van der Waals surface area contributed by atoms with E-state index in [1.54, 1.807) is 116 Å². The van der Waals surface area contributed by atoms with Gasteiger partial charge < -0.3 is 45.9 Å². The van der Waals surface area contributed by atoms with Crippen LogP contribution in [0.5, 0.6) is 0 Å². The molecule has 0 saturated carbocycles. The summed E-state index contributed by atoms with van der Waals surface area (Å²) in [4.78, 5) is 79.8. The first-order chi connectivity index (χ1) is 43.0. The van der Waals surface area contributed by atoms with Crippen molar-refractivity contribution in [1.82, 2.24) is 48.5 Å². The average molecular weight is 1260 g/mol. The molecular weight excluding hydrogens is 1190 g/mol. The number of fused-ring (bicyclic) bond motifs is 2. The highest BCUT2D eigenvalue weighted by Crippen LogP contribution is 2.37. The van der Waals surface area contributed by atoms with Gasteiger partial charge in [0.1, 0.15) is 0 Å². The predicted octanol–water partition coefficient (Wildman–Crippen LogP) is 10.8. The molecule has 2 saturated heterocycles. The van der Waals surface area contributed by atoms with Crippen LogP contribution in [0.3, 0.4) is 0 Å². The van der Waals surface area contributed by atoms with Gasteiger partial charge in [0.05, 0.1) is 44.2 Å². The number of nitrogens with one attached hydrogen (secondary N) is 5. The van der Waals surface area contributed by atoms with E-state index in [0.29, 0.717) is 119 Å². The maximum atomic E-state index is 13.6. The summed E-state index contributed by atoms with van der Waals surface area (Å²) in [6.45, 7) is 3.67. The van der Waals surface area contributed by atoms with Crippen LogP contribution in [0.25, 0.3) is 44.3 Å². The molecule has 4 amide bonds. The number of likely N-dealkylation sites (tertiary alicyclic amines) is 2. The average Bonchev–Trinajstić information content (AvgIpc) is 1.67. The number of aromatic amines is 1. The number of benzene rings is 5.